The predicted octanol–water partition coefficient (Wildman–Crippen LogP) is 5.10. The van der Waals surface area contributed by atoms with Gasteiger partial charge in [-0.1, -0.05) is 41.4 Å². The van der Waals surface area contributed by atoms with Gasteiger partial charge >= 0.3 is 0 Å². The summed E-state index contributed by atoms with van der Waals surface area (Å²) in [4.78, 5) is 9.17. The van der Waals surface area contributed by atoms with Crippen LogP contribution in [0, 0.1) is 0 Å². The summed E-state index contributed by atoms with van der Waals surface area (Å²) in [6.07, 6.45) is 1.80. The minimum atomic E-state index is 0.522. The lowest BCUT2D eigenvalue weighted by Crippen LogP contribution is -1.93. The molecule has 3 nitrogen and oxygen atoms in total. The largest absolute Gasteiger partial charge is 0.327 e. The third-order valence-electron chi connectivity index (χ3n) is 3.78. The highest BCUT2D eigenvalue weighted by atomic mass is 35.5. The molecule has 0 N–H and O–H groups in total. The monoisotopic (exact) mass is 327 g/mol. The minimum absolute atomic E-state index is 0.522. The average Bonchev–Trinajstić information content (AvgIpc) is 2.87. The van der Waals surface area contributed by atoms with Crippen LogP contribution in [0.5, 0.6) is 0 Å². The Hall–Kier alpha value is -2.10. The summed E-state index contributed by atoms with van der Waals surface area (Å²) in [5.41, 5.74) is 3.81. The van der Waals surface area contributed by atoms with E-state index in [4.69, 9.17) is 28.2 Å². The van der Waals surface area contributed by atoms with Crippen LogP contribution in [-0.2, 0) is 7.05 Å². The number of aryl methyl sites for hydroxylation is 1. The zero-order valence-corrected chi connectivity index (χ0v) is 13.2. The van der Waals surface area contributed by atoms with Crippen LogP contribution in [0.4, 0.5) is 0 Å². The standard InChI is InChI=1S/C17H11Cl2N3/c1-22-16-11-4-2-3-5-14(11)20-9-15(16)21-17(22)10-6-7-12(18)13(19)8-10/h2-9H,1H3. The van der Waals surface area contributed by atoms with Crippen LogP contribution in [0.3, 0.4) is 0 Å². The maximum Gasteiger partial charge on any atom is 0.140 e. The molecule has 0 saturated heterocycles. The fourth-order valence-corrected chi connectivity index (χ4v) is 3.04. The molecule has 0 fully saturated rings. The van der Waals surface area contributed by atoms with Crippen molar-refractivity contribution in [3.63, 3.8) is 0 Å². The molecule has 2 aromatic heterocycles. The molecule has 22 heavy (non-hydrogen) atoms. The number of aromatic nitrogens is 3. The predicted molar refractivity (Wildman–Crippen MR) is 91.5 cm³/mol. The van der Waals surface area contributed by atoms with Gasteiger partial charge in [0, 0.05) is 18.0 Å². The van der Waals surface area contributed by atoms with Gasteiger partial charge in [-0.25, -0.2) is 4.98 Å². The Morgan fingerprint density at radius 3 is 2.59 bits per heavy atom. The number of fused-ring (bicyclic) bond motifs is 3. The lowest BCUT2D eigenvalue weighted by atomic mass is 10.2. The highest BCUT2D eigenvalue weighted by molar-refractivity contribution is 6.42. The van der Waals surface area contributed by atoms with Gasteiger partial charge in [0.25, 0.3) is 0 Å². The van der Waals surface area contributed by atoms with E-state index in [1.165, 1.54) is 0 Å². The Balaban J connectivity index is 2.05. The molecule has 0 saturated carbocycles. The van der Waals surface area contributed by atoms with Crippen molar-refractivity contribution in [3.8, 4) is 11.4 Å². The second-order valence-corrected chi connectivity index (χ2v) is 5.95. The van der Waals surface area contributed by atoms with E-state index in [-0.39, 0.29) is 0 Å². The Morgan fingerprint density at radius 2 is 1.77 bits per heavy atom. The molecule has 2 heterocycles. The molecule has 4 aromatic rings. The minimum Gasteiger partial charge on any atom is -0.327 e. The first-order valence-corrected chi connectivity index (χ1v) is 7.56. The number of para-hydroxylation sites is 1. The molecular weight excluding hydrogens is 317 g/mol. The summed E-state index contributed by atoms with van der Waals surface area (Å²) in [5, 5.41) is 2.15. The normalized spacial score (nSPS) is 11.4. The molecule has 0 amide bonds. The molecule has 0 bridgehead atoms. The maximum atomic E-state index is 6.13. The number of nitrogens with zero attached hydrogens (tertiary/aromatic N) is 3. The number of pyridine rings is 1. The van der Waals surface area contributed by atoms with Crippen LogP contribution >= 0.6 is 23.2 Å². The van der Waals surface area contributed by atoms with Crippen molar-refractivity contribution in [1.29, 1.82) is 0 Å². The highest BCUT2D eigenvalue weighted by Crippen LogP contribution is 2.31. The summed E-state index contributed by atoms with van der Waals surface area (Å²) in [6, 6.07) is 13.6. The first-order valence-electron chi connectivity index (χ1n) is 6.81. The second-order valence-electron chi connectivity index (χ2n) is 5.13. The Kier molecular flexibility index (Phi) is 3.06. The van der Waals surface area contributed by atoms with Crippen molar-refractivity contribution >= 4 is 45.1 Å². The maximum absolute atomic E-state index is 6.13. The average molecular weight is 328 g/mol. The molecular formula is C17H11Cl2N3. The molecule has 2 aromatic carbocycles. The molecule has 0 radical (unpaired) electrons. The van der Waals surface area contributed by atoms with E-state index in [9.17, 15) is 0 Å². The first-order chi connectivity index (χ1) is 10.6. The van der Waals surface area contributed by atoms with Crippen molar-refractivity contribution in [2.45, 2.75) is 0 Å². The third-order valence-corrected chi connectivity index (χ3v) is 4.52. The highest BCUT2D eigenvalue weighted by Gasteiger charge is 2.13. The van der Waals surface area contributed by atoms with E-state index in [1.54, 1.807) is 12.3 Å². The van der Waals surface area contributed by atoms with Gasteiger partial charge in [-0.2, -0.15) is 0 Å². The SMILES string of the molecule is Cn1c(-c2ccc(Cl)c(Cl)c2)nc2cnc3ccccc3c21. The Labute approximate surface area is 137 Å². The van der Waals surface area contributed by atoms with Gasteiger partial charge in [0.15, 0.2) is 0 Å². The lowest BCUT2D eigenvalue weighted by molar-refractivity contribution is 0.962. The van der Waals surface area contributed by atoms with Crippen LogP contribution in [-0.4, -0.2) is 14.5 Å². The molecule has 108 valence electrons. The van der Waals surface area contributed by atoms with Gasteiger partial charge in [-0.05, 0) is 24.3 Å². The summed E-state index contributed by atoms with van der Waals surface area (Å²) >= 11 is 12.1. The molecule has 0 atom stereocenters. The number of halogens is 2. The van der Waals surface area contributed by atoms with Crippen molar-refractivity contribution in [2.75, 3.05) is 0 Å². The van der Waals surface area contributed by atoms with Gasteiger partial charge in [-0.3, -0.25) is 4.98 Å². The van der Waals surface area contributed by atoms with Gasteiger partial charge in [0.2, 0.25) is 0 Å². The summed E-state index contributed by atoms with van der Waals surface area (Å²) in [5.74, 6) is 0.840. The smallest absolute Gasteiger partial charge is 0.140 e. The summed E-state index contributed by atoms with van der Waals surface area (Å²) in [6.45, 7) is 0. The van der Waals surface area contributed by atoms with Gasteiger partial charge in [0.1, 0.15) is 11.3 Å². The molecule has 5 heteroatoms. The molecule has 0 spiro atoms. The van der Waals surface area contributed by atoms with Crippen molar-refractivity contribution < 1.29 is 0 Å². The quantitative estimate of drug-likeness (QED) is 0.487. The van der Waals surface area contributed by atoms with E-state index in [1.807, 2.05) is 37.4 Å². The number of hydrogen-bond donors (Lipinski definition) is 0. The van der Waals surface area contributed by atoms with Crippen LogP contribution in [0.15, 0.2) is 48.7 Å². The Bertz CT molecular complexity index is 1020. The van der Waals surface area contributed by atoms with Crippen molar-refractivity contribution in [3.05, 3.63) is 58.7 Å². The van der Waals surface area contributed by atoms with Crippen LogP contribution in [0.25, 0.3) is 33.3 Å². The van der Waals surface area contributed by atoms with Crippen molar-refractivity contribution in [1.82, 2.24) is 14.5 Å². The van der Waals surface area contributed by atoms with E-state index >= 15 is 0 Å². The van der Waals surface area contributed by atoms with Crippen molar-refractivity contribution in [2.24, 2.45) is 7.05 Å². The van der Waals surface area contributed by atoms with Crippen LogP contribution < -0.4 is 0 Å². The molecule has 0 aliphatic carbocycles. The van der Waals surface area contributed by atoms with E-state index in [2.05, 4.69) is 15.6 Å². The summed E-state index contributed by atoms with van der Waals surface area (Å²) < 4.78 is 2.07. The number of rotatable bonds is 1. The molecule has 4 rings (SSSR count). The number of imidazole rings is 1. The fraction of sp³-hybridized carbons (Fsp3) is 0.0588. The fourth-order valence-electron chi connectivity index (χ4n) is 2.74. The van der Waals surface area contributed by atoms with E-state index < -0.39 is 0 Å². The molecule has 0 aliphatic rings. The van der Waals surface area contributed by atoms with Gasteiger partial charge < -0.3 is 4.57 Å². The number of hydrogen-bond acceptors (Lipinski definition) is 2. The Morgan fingerprint density at radius 1 is 0.955 bits per heavy atom. The molecule has 0 aliphatic heterocycles. The zero-order valence-electron chi connectivity index (χ0n) is 11.7. The molecule has 0 unspecified atom stereocenters. The number of benzene rings is 2. The summed E-state index contributed by atoms with van der Waals surface area (Å²) in [7, 11) is 2.00. The third kappa shape index (κ3) is 1.97. The zero-order chi connectivity index (χ0) is 15.3. The van der Waals surface area contributed by atoms with E-state index in [0.29, 0.717) is 10.0 Å². The topological polar surface area (TPSA) is 30.7 Å². The lowest BCUT2D eigenvalue weighted by Gasteiger charge is -2.05. The van der Waals surface area contributed by atoms with Gasteiger partial charge in [0.05, 0.1) is 27.3 Å². The van der Waals surface area contributed by atoms with Gasteiger partial charge in [-0.15, -0.1) is 0 Å². The first kappa shape index (κ1) is 13.6. The van der Waals surface area contributed by atoms with Crippen LogP contribution in [0.2, 0.25) is 10.0 Å². The van der Waals surface area contributed by atoms with E-state index in [0.717, 1.165) is 33.3 Å². The van der Waals surface area contributed by atoms with Crippen LogP contribution in [0.1, 0.15) is 0 Å². The second kappa shape index (κ2) is 4.97.